The highest BCUT2D eigenvalue weighted by molar-refractivity contribution is 5.93. The number of ether oxygens (including phenoxy) is 2. The van der Waals surface area contributed by atoms with Crippen LogP contribution < -0.4 is 15.8 Å². The third-order valence-corrected chi connectivity index (χ3v) is 5.20. The average Bonchev–Trinajstić information content (AvgIpc) is 2.90. The van der Waals surface area contributed by atoms with Crippen LogP contribution in [0.25, 0.3) is 27.9 Å². The molecule has 4 rings (SSSR count). The average molecular weight is 470 g/mol. The van der Waals surface area contributed by atoms with Crippen LogP contribution in [0, 0.1) is 5.53 Å². The Kier molecular flexibility index (Phi) is 6.91. The van der Waals surface area contributed by atoms with Gasteiger partial charge in [-0.1, -0.05) is 30.3 Å². The summed E-state index contributed by atoms with van der Waals surface area (Å²) >= 11 is 0. The van der Waals surface area contributed by atoms with Gasteiger partial charge in [-0.15, -0.1) is 0 Å². The van der Waals surface area contributed by atoms with Crippen molar-refractivity contribution >= 4 is 28.5 Å². The van der Waals surface area contributed by atoms with E-state index in [9.17, 15) is 4.79 Å². The number of hydrogen-bond acceptors (Lipinski definition) is 10. The summed E-state index contributed by atoms with van der Waals surface area (Å²) in [6.07, 6.45) is 1.58. The quantitative estimate of drug-likeness (QED) is 0.257. The summed E-state index contributed by atoms with van der Waals surface area (Å²) in [5, 5.41) is 7.43. The number of nitrogens with two attached hydrogens (primary N) is 1. The number of benzene rings is 2. The lowest BCUT2D eigenvalue weighted by atomic mass is 10.1. The molecule has 2 aromatic heterocycles. The van der Waals surface area contributed by atoms with Crippen molar-refractivity contribution in [3.05, 3.63) is 83.8 Å². The second kappa shape index (κ2) is 10.4. The highest BCUT2D eigenvalue weighted by atomic mass is 16.5. The number of carbonyl (C=O) groups is 1. The number of nitrogens with one attached hydrogen (secondary N) is 2. The van der Waals surface area contributed by atoms with Gasteiger partial charge in [0.15, 0.2) is 0 Å². The van der Waals surface area contributed by atoms with E-state index >= 15 is 0 Å². The first-order valence-electron chi connectivity index (χ1n) is 10.6. The molecule has 0 radical (unpaired) electrons. The maximum atomic E-state index is 11.8. The van der Waals surface area contributed by atoms with Crippen LogP contribution in [-0.2, 0) is 11.3 Å². The molecule has 0 unspecified atom stereocenters. The number of fused-ring (bicyclic) bond motifs is 1. The van der Waals surface area contributed by atoms with Gasteiger partial charge in [0.05, 0.1) is 37.7 Å². The van der Waals surface area contributed by atoms with E-state index in [1.54, 1.807) is 37.6 Å². The van der Waals surface area contributed by atoms with Crippen molar-refractivity contribution in [2.45, 2.75) is 6.54 Å². The number of anilines is 1. The molecule has 10 nitrogen and oxygen atoms in total. The molecule has 2 aromatic carbocycles. The molecular formula is C25H23N7O3. The first-order valence-corrected chi connectivity index (χ1v) is 10.6. The fourth-order valence-corrected chi connectivity index (χ4v) is 3.57. The van der Waals surface area contributed by atoms with Gasteiger partial charge in [-0.3, -0.25) is 4.98 Å². The number of esters is 1. The van der Waals surface area contributed by atoms with Crippen molar-refractivity contribution in [3.8, 4) is 17.0 Å². The molecule has 0 amide bonds. The predicted molar refractivity (Wildman–Crippen MR) is 131 cm³/mol. The molecule has 4 aromatic rings. The Bertz CT molecular complexity index is 1440. The molecular weight excluding hydrogens is 446 g/mol. The van der Waals surface area contributed by atoms with Gasteiger partial charge < -0.3 is 20.5 Å². The molecule has 10 heteroatoms. The van der Waals surface area contributed by atoms with Crippen LogP contribution >= 0.6 is 0 Å². The number of rotatable bonds is 8. The lowest BCUT2D eigenvalue weighted by Gasteiger charge is -2.10. The molecule has 4 N–H and O–H groups in total. The van der Waals surface area contributed by atoms with Gasteiger partial charge in [0, 0.05) is 17.1 Å². The molecule has 0 saturated heterocycles. The van der Waals surface area contributed by atoms with E-state index in [4.69, 9.17) is 20.7 Å². The number of para-hydroxylation sites is 1. The molecule has 0 aliphatic rings. The van der Waals surface area contributed by atoms with Gasteiger partial charge in [-0.2, -0.15) is 5.11 Å². The highest BCUT2D eigenvalue weighted by Gasteiger charge is 2.14. The highest BCUT2D eigenvalue weighted by Crippen LogP contribution is 2.29. The molecule has 2 heterocycles. The lowest BCUT2D eigenvalue weighted by molar-refractivity contribution is 0.0601. The Morgan fingerprint density at radius 1 is 1.09 bits per heavy atom. The maximum Gasteiger partial charge on any atom is 0.337 e. The summed E-state index contributed by atoms with van der Waals surface area (Å²) < 4.78 is 10.2. The fraction of sp³-hybridized carbons (Fsp3) is 0.120. The van der Waals surface area contributed by atoms with E-state index in [0.717, 1.165) is 11.3 Å². The monoisotopic (exact) mass is 469 g/mol. The van der Waals surface area contributed by atoms with Gasteiger partial charge >= 0.3 is 5.97 Å². The van der Waals surface area contributed by atoms with E-state index in [-0.39, 0.29) is 11.6 Å². The van der Waals surface area contributed by atoms with Gasteiger partial charge in [0.25, 0.3) is 0 Å². The fourth-order valence-electron chi connectivity index (χ4n) is 3.57. The Labute approximate surface area is 201 Å². The van der Waals surface area contributed by atoms with Crippen LogP contribution in [0.5, 0.6) is 5.75 Å². The number of pyridine rings is 1. The summed E-state index contributed by atoms with van der Waals surface area (Å²) in [5.74, 6) is 0.194. The van der Waals surface area contributed by atoms with Crippen molar-refractivity contribution in [2.24, 2.45) is 5.11 Å². The Morgan fingerprint density at radius 3 is 2.66 bits per heavy atom. The van der Waals surface area contributed by atoms with Gasteiger partial charge in [-0.05, 0) is 30.3 Å². The summed E-state index contributed by atoms with van der Waals surface area (Å²) in [6, 6.07) is 18.1. The van der Waals surface area contributed by atoms with Crippen LogP contribution in [0.3, 0.4) is 0 Å². The first kappa shape index (κ1) is 23.3. The number of hydrogen-bond donors (Lipinski definition) is 3. The van der Waals surface area contributed by atoms with Crippen LogP contribution in [-0.4, -0.2) is 35.1 Å². The maximum absolute atomic E-state index is 11.8. The number of methoxy groups -OCH3 is 2. The smallest absolute Gasteiger partial charge is 0.337 e. The van der Waals surface area contributed by atoms with Gasteiger partial charge in [0.2, 0.25) is 5.95 Å². The van der Waals surface area contributed by atoms with Crippen molar-refractivity contribution < 1.29 is 14.3 Å². The summed E-state index contributed by atoms with van der Waals surface area (Å²) in [4.78, 5) is 25.1. The second-order valence-corrected chi connectivity index (χ2v) is 7.40. The van der Waals surface area contributed by atoms with Crippen LogP contribution in [0.15, 0.2) is 72.0 Å². The number of nitrogens with zero attached hydrogens (tertiary/aromatic N) is 4. The zero-order valence-corrected chi connectivity index (χ0v) is 19.1. The summed E-state index contributed by atoms with van der Waals surface area (Å²) in [6.45, 7) is 0.366. The van der Waals surface area contributed by atoms with E-state index in [1.165, 1.54) is 7.11 Å². The van der Waals surface area contributed by atoms with E-state index < -0.39 is 5.97 Å². The SMILES string of the molecule is COC(=O)c1cccc(-c2cccc(CN/C=C(\N=N)c3nc(N)nc4c(OC)cccc34)n2)c1. The van der Waals surface area contributed by atoms with Crippen molar-refractivity contribution in [2.75, 3.05) is 20.0 Å². The van der Waals surface area contributed by atoms with E-state index in [2.05, 4.69) is 25.4 Å². The van der Waals surface area contributed by atoms with Crippen LogP contribution in [0.4, 0.5) is 5.95 Å². The zero-order chi connectivity index (χ0) is 24.8. The van der Waals surface area contributed by atoms with Crippen LogP contribution in [0.2, 0.25) is 0 Å². The van der Waals surface area contributed by atoms with Crippen molar-refractivity contribution in [3.63, 3.8) is 0 Å². The third-order valence-electron chi connectivity index (χ3n) is 5.20. The molecule has 35 heavy (non-hydrogen) atoms. The zero-order valence-electron chi connectivity index (χ0n) is 19.1. The van der Waals surface area contributed by atoms with Gasteiger partial charge in [0.1, 0.15) is 22.7 Å². The molecule has 0 fully saturated rings. The Balaban J connectivity index is 1.58. The second-order valence-electron chi connectivity index (χ2n) is 7.40. The topological polar surface area (TPSA) is 148 Å². The number of aromatic nitrogens is 3. The molecule has 176 valence electrons. The standard InChI is InChI=1S/C25H23N7O3/c1-34-21-11-5-9-18-22(30-25(26)31-23(18)21)20(32-27)14-28-13-17-8-4-10-19(29-17)15-6-3-7-16(12-15)24(33)35-2/h3-12,14,27-28H,13H2,1-2H3,(H2,26,30,31)/b20-14-,32-27?. The molecule has 0 aliphatic carbocycles. The normalized spacial score (nSPS) is 11.2. The van der Waals surface area contributed by atoms with Crippen molar-refractivity contribution in [1.82, 2.24) is 20.3 Å². The summed E-state index contributed by atoms with van der Waals surface area (Å²) in [5.41, 5.74) is 17.5. The lowest BCUT2D eigenvalue weighted by Crippen LogP contribution is -2.09. The molecule has 0 atom stereocenters. The number of nitrogen functional groups attached to an aromatic ring is 1. The van der Waals surface area contributed by atoms with Gasteiger partial charge in [-0.25, -0.2) is 20.3 Å². The Hall–Kier alpha value is -4.86. The van der Waals surface area contributed by atoms with E-state index in [0.29, 0.717) is 40.1 Å². The molecule has 0 spiro atoms. The minimum absolute atomic E-state index is 0.0510. The van der Waals surface area contributed by atoms with Crippen LogP contribution in [0.1, 0.15) is 21.7 Å². The molecule has 0 saturated carbocycles. The largest absolute Gasteiger partial charge is 0.494 e. The summed E-state index contributed by atoms with van der Waals surface area (Å²) in [7, 11) is 2.90. The third kappa shape index (κ3) is 5.06. The predicted octanol–water partition coefficient (Wildman–Crippen LogP) is 4.19. The molecule has 0 aliphatic heterocycles. The van der Waals surface area contributed by atoms with Crippen molar-refractivity contribution in [1.29, 1.82) is 5.53 Å². The Morgan fingerprint density at radius 2 is 1.89 bits per heavy atom. The number of carbonyl (C=O) groups excluding carboxylic acids is 1. The molecule has 0 bridgehead atoms. The first-order chi connectivity index (χ1) is 17.0. The minimum Gasteiger partial charge on any atom is -0.494 e. The van der Waals surface area contributed by atoms with E-state index in [1.807, 2.05) is 36.4 Å². The minimum atomic E-state index is -0.406.